The highest BCUT2D eigenvalue weighted by Crippen LogP contribution is 2.43. The Morgan fingerprint density at radius 2 is 1.69 bits per heavy atom. The second-order valence-corrected chi connectivity index (χ2v) is 8.86. The number of benzene rings is 2. The SMILES string of the molecule is COc1c(-c2ccc([N+](=O)[O-])c(CF)c2)oc2c(CC=C(C)C)c(O)c(CC=C(C)C)c(O)c2c1=O. The Morgan fingerprint density at radius 3 is 2.22 bits per heavy atom. The molecule has 0 aliphatic rings. The van der Waals surface area contributed by atoms with Crippen LogP contribution in [-0.4, -0.2) is 22.2 Å². The zero-order chi connectivity index (χ0) is 26.7. The number of fused-ring (bicyclic) bond motifs is 1. The molecule has 0 unspecified atom stereocenters. The number of nitro benzene ring substituents is 1. The van der Waals surface area contributed by atoms with Crippen LogP contribution in [0, 0.1) is 10.1 Å². The number of nitro groups is 1. The lowest BCUT2D eigenvalue weighted by molar-refractivity contribution is -0.385. The van der Waals surface area contributed by atoms with E-state index in [9.17, 15) is 29.5 Å². The van der Waals surface area contributed by atoms with Gasteiger partial charge >= 0.3 is 0 Å². The van der Waals surface area contributed by atoms with Crippen LogP contribution in [-0.2, 0) is 19.5 Å². The standard InChI is InChI=1S/C27H28FNO7/c1-14(2)6-9-18-22(30)19(10-7-15(3)4)26-21(23(18)31)24(32)27(35-5)25(36-26)16-8-11-20(29(33)34)17(12-16)13-28/h6-8,11-12,30-31H,9-10,13H2,1-5H3. The molecule has 0 radical (unpaired) electrons. The van der Waals surface area contributed by atoms with Crippen LogP contribution >= 0.6 is 0 Å². The summed E-state index contributed by atoms with van der Waals surface area (Å²) in [4.78, 5) is 24.1. The molecular formula is C27H28FNO7. The van der Waals surface area contributed by atoms with E-state index in [4.69, 9.17) is 9.15 Å². The molecule has 1 aromatic heterocycles. The number of rotatable bonds is 8. The third-order valence-electron chi connectivity index (χ3n) is 5.75. The van der Waals surface area contributed by atoms with Crippen molar-refractivity contribution in [3.63, 3.8) is 0 Å². The maximum absolute atomic E-state index is 13.6. The number of hydrogen-bond donors (Lipinski definition) is 2. The number of allylic oxidation sites excluding steroid dienone is 4. The number of alkyl halides is 1. The summed E-state index contributed by atoms with van der Waals surface area (Å²) in [6.07, 6.45) is 4.04. The van der Waals surface area contributed by atoms with Gasteiger partial charge in [-0.2, -0.15) is 0 Å². The lowest BCUT2D eigenvalue weighted by Gasteiger charge is -2.16. The van der Waals surface area contributed by atoms with Crippen LogP contribution in [0.15, 0.2) is 50.7 Å². The zero-order valence-corrected chi connectivity index (χ0v) is 20.8. The average Bonchev–Trinajstić information content (AvgIpc) is 2.82. The third kappa shape index (κ3) is 4.95. The average molecular weight is 498 g/mol. The molecule has 0 aliphatic carbocycles. The van der Waals surface area contributed by atoms with Gasteiger partial charge in [0.15, 0.2) is 5.76 Å². The van der Waals surface area contributed by atoms with Crippen molar-refractivity contribution >= 4 is 16.7 Å². The number of halogens is 1. The number of phenols is 2. The van der Waals surface area contributed by atoms with Gasteiger partial charge in [0.1, 0.15) is 29.1 Å². The van der Waals surface area contributed by atoms with Gasteiger partial charge in [-0.1, -0.05) is 23.3 Å². The fraction of sp³-hybridized carbons (Fsp3) is 0.296. The Balaban J connectivity index is 2.46. The first-order valence-electron chi connectivity index (χ1n) is 11.2. The molecule has 3 aromatic rings. The number of aromatic hydroxyl groups is 2. The van der Waals surface area contributed by atoms with E-state index in [1.165, 1.54) is 19.2 Å². The summed E-state index contributed by atoms with van der Waals surface area (Å²) in [5, 5.41) is 33.2. The van der Waals surface area contributed by atoms with Crippen LogP contribution in [0.1, 0.15) is 44.4 Å². The van der Waals surface area contributed by atoms with Gasteiger partial charge < -0.3 is 19.4 Å². The molecule has 36 heavy (non-hydrogen) atoms. The molecule has 3 rings (SSSR count). The van der Waals surface area contributed by atoms with Crippen LogP contribution in [0.2, 0.25) is 0 Å². The van der Waals surface area contributed by atoms with Gasteiger partial charge in [0.05, 0.1) is 17.6 Å². The predicted octanol–water partition coefficient (Wildman–Crippen LogP) is 6.27. The Bertz CT molecular complexity index is 1460. The molecule has 0 saturated carbocycles. The van der Waals surface area contributed by atoms with E-state index in [0.29, 0.717) is 0 Å². The van der Waals surface area contributed by atoms with Gasteiger partial charge in [-0.15, -0.1) is 0 Å². The minimum Gasteiger partial charge on any atom is -0.507 e. The summed E-state index contributed by atoms with van der Waals surface area (Å²) < 4.78 is 25.0. The summed E-state index contributed by atoms with van der Waals surface area (Å²) in [5.41, 5.74) is 1.20. The normalized spacial score (nSPS) is 10.8. The fourth-order valence-electron chi connectivity index (χ4n) is 3.88. The summed E-state index contributed by atoms with van der Waals surface area (Å²) in [5.74, 6) is -0.993. The Hall–Kier alpha value is -4.14. The lowest BCUT2D eigenvalue weighted by Crippen LogP contribution is -2.10. The van der Waals surface area contributed by atoms with E-state index in [1.54, 1.807) is 0 Å². The van der Waals surface area contributed by atoms with Crippen molar-refractivity contribution < 1.29 is 28.7 Å². The summed E-state index contributed by atoms with van der Waals surface area (Å²) >= 11 is 0. The van der Waals surface area contributed by atoms with E-state index < -0.39 is 28.5 Å². The van der Waals surface area contributed by atoms with Gasteiger partial charge in [0.2, 0.25) is 11.2 Å². The molecule has 0 atom stereocenters. The topological polar surface area (TPSA) is 123 Å². The summed E-state index contributed by atoms with van der Waals surface area (Å²) in [6, 6.07) is 3.65. The van der Waals surface area contributed by atoms with E-state index in [1.807, 2.05) is 39.8 Å². The zero-order valence-electron chi connectivity index (χ0n) is 20.8. The largest absolute Gasteiger partial charge is 0.507 e. The second kappa shape index (κ2) is 10.6. The fourth-order valence-corrected chi connectivity index (χ4v) is 3.88. The van der Waals surface area contributed by atoms with Gasteiger partial charge in [0.25, 0.3) is 5.69 Å². The van der Waals surface area contributed by atoms with E-state index in [0.717, 1.165) is 17.2 Å². The second-order valence-electron chi connectivity index (χ2n) is 8.86. The number of phenolic OH excluding ortho intramolecular Hbond substituents is 2. The number of nitrogens with zero attached hydrogens (tertiary/aromatic N) is 1. The van der Waals surface area contributed by atoms with Crippen molar-refractivity contribution in [1.29, 1.82) is 0 Å². The van der Waals surface area contributed by atoms with Crippen molar-refractivity contribution in [2.24, 2.45) is 0 Å². The maximum Gasteiger partial charge on any atom is 0.275 e. The molecular weight excluding hydrogens is 469 g/mol. The predicted molar refractivity (Wildman–Crippen MR) is 136 cm³/mol. The smallest absolute Gasteiger partial charge is 0.275 e. The molecule has 0 fully saturated rings. The van der Waals surface area contributed by atoms with Gasteiger partial charge in [-0.3, -0.25) is 14.9 Å². The molecule has 0 aliphatic heterocycles. The molecule has 0 bridgehead atoms. The monoisotopic (exact) mass is 497 g/mol. The first kappa shape index (κ1) is 26.5. The van der Waals surface area contributed by atoms with Crippen LogP contribution < -0.4 is 10.2 Å². The van der Waals surface area contributed by atoms with Gasteiger partial charge in [-0.25, -0.2) is 4.39 Å². The van der Waals surface area contributed by atoms with Crippen molar-refractivity contribution in [2.75, 3.05) is 7.11 Å². The number of methoxy groups -OCH3 is 1. The van der Waals surface area contributed by atoms with Crippen LogP contribution in [0.25, 0.3) is 22.3 Å². The number of ether oxygens (including phenoxy) is 1. The third-order valence-corrected chi connectivity index (χ3v) is 5.75. The molecule has 0 spiro atoms. The highest BCUT2D eigenvalue weighted by Gasteiger charge is 2.27. The van der Waals surface area contributed by atoms with Crippen LogP contribution in [0.3, 0.4) is 0 Å². The Labute approximate surface area is 207 Å². The van der Waals surface area contributed by atoms with E-state index >= 15 is 0 Å². The molecule has 8 nitrogen and oxygen atoms in total. The first-order chi connectivity index (χ1) is 17.0. The quantitative estimate of drug-likeness (QED) is 0.213. The minimum atomic E-state index is -1.11. The molecule has 2 aromatic carbocycles. The molecule has 0 amide bonds. The highest BCUT2D eigenvalue weighted by molar-refractivity contribution is 5.93. The van der Waals surface area contributed by atoms with Gasteiger partial charge in [-0.05, 0) is 52.7 Å². The first-order valence-corrected chi connectivity index (χ1v) is 11.2. The Kier molecular flexibility index (Phi) is 7.82. The highest BCUT2D eigenvalue weighted by atomic mass is 19.1. The Morgan fingerprint density at radius 1 is 1.08 bits per heavy atom. The van der Waals surface area contributed by atoms with Crippen molar-refractivity contribution in [1.82, 2.24) is 0 Å². The summed E-state index contributed by atoms with van der Waals surface area (Å²) in [7, 11) is 1.24. The van der Waals surface area contributed by atoms with Gasteiger partial charge in [0, 0.05) is 22.8 Å². The molecule has 9 heteroatoms. The van der Waals surface area contributed by atoms with E-state index in [-0.39, 0.29) is 63.3 Å². The molecule has 0 saturated heterocycles. The van der Waals surface area contributed by atoms with Crippen molar-refractivity contribution in [2.45, 2.75) is 47.2 Å². The molecule has 190 valence electrons. The van der Waals surface area contributed by atoms with Crippen molar-refractivity contribution in [3.05, 3.63) is 78.5 Å². The lowest BCUT2D eigenvalue weighted by atomic mass is 9.96. The maximum atomic E-state index is 13.6. The summed E-state index contributed by atoms with van der Waals surface area (Å²) in [6.45, 7) is 6.40. The minimum absolute atomic E-state index is 0.0515. The number of hydrogen-bond acceptors (Lipinski definition) is 7. The van der Waals surface area contributed by atoms with Crippen LogP contribution in [0.5, 0.6) is 17.2 Å². The molecule has 2 N–H and O–H groups in total. The molecule has 1 heterocycles. The van der Waals surface area contributed by atoms with E-state index in [2.05, 4.69) is 0 Å². The van der Waals surface area contributed by atoms with Crippen LogP contribution in [0.4, 0.5) is 10.1 Å². The van der Waals surface area contributed by atoms with Crippen molar-refractivity contribution in [3.8, 4) is 28.6 Å².